The Labute approximate surface area is 146 Å². The number of nitrogens with one attached hydrogen (secondary N) is 1. The van der Waals surface area contributed by atoms with Crippen LogP contribution in [0.1, 0.15) is 38.9 Å². The summed E-state index contributed by atoms with van der Waals surface area (Å²) in [6.45, 7) is 3.88. The van der Waals surface area contributed by atoms with Gasteiger partial charge in [-0.1, -0.05) is 35.4 Å². The lowest BCUT2D eigenvalue weighted by molar-refractivity contribution is 0.0940. The van der Waals surface area contributed by atoms with Crippen LogP contribution in [-0.4, -0.2) is 15.5 Å². The number of hydrogen-bond acceptors (Lipinski definition) is 2. The molecular weight excluding hydrogens is 317 g/mol. The minimum atomic E-state index is -0.672. The summed E-state index contributed by atoms with van der Waals surface area (Å²) in [6, 6.07) is 11.4. The number of nitrogens with zero attached hydrogens (tertiary/aromatic N) is 2. The van der Waals surface area contributed by atoms with Gasteiger partial charge in [0.05, 0.1) is 0 Å². The van der Waals surface area contributed by atoms with Gasteiger partial charge in [-0.15, -0.1) is 0 Å². The average Bonchev–Trinajstić information content (AvgIpc) is 2.98. The molecule has 0 aliphatic rings. The number of carbonyl (C=O) groups is 1. The summed E-state index contributed by atoms with van der Waals surface area (Å²) in [5, 5.41) is 2.93. The van der Waals surface area contributed by atoms with Crippen LogP contribution in [-0.2, 0) is 7.05 Å². The molecule has 4 nitrogen and oxygen atoms in total. The molecule has 5 heteroatoms. The van der Waals surface area contributed by atoms with E-state index < -0.39 is 6.04 Å². The van der Waals surface area contributed by atoms with E-state index >= 15 is 0 Å². The fraction of sp³-hybridized carbons (Fsp3) is 0.200. The summed E-state index contributed by atoms with van der Waals surface area (Å²) in [5.74, 6) is -0.0675. The van der Waals surface area contributed by atoms with E-state index in [2.05, 4.69) is 10.3 Å². The minimum absolute atomic E-state index is 0.261. The molecule has 1 unspecified atom stereocenters. The van der Waals surface area contributed by atoms with E-state index in [4.69, 9.17) is 0 Å². The Morgan fingerprint density at radius 3 is 2.44 bits per heavy atom. The first-order valence-corrected chi connectivity index (χ1v) is 8.06. The van der Waals surface area contributed by atoms with Crippen LogP contribution >= 0.6 is 0 Å². The molecule has 3 rings (SSSR count). The van der Waals surface area contributed by atoms with Crippen LogP contribution in [0, 0.1) is 19.7 Å². The number of rotatable bonds is 4. The van der Waals surface area contributed by atoms with Crippen LogP contribution in [0.15, 0.2) is 54.9 Å². The quantitative estimate of drug-likeness (QED) is 0.789. The topological polar surface area (TPSA) is 46.9 Å². The van der Waals surface area contributed by atoms with Crippen molar-refractivity contribution in [2.75, 3.05) is 0 Å². The Kier molecular flexibility index (Phi) is 4.65. The number of amides is 1. The van der Waals surface area contributed by atoms with Crippen LogP contribution in [0.2, 0.25) is 0 Å². The molecule has 1 heterocycles. The summed E-state index contributed by atoms with van der Waals surface area (Å²) in [7, 11) is 1.82. The first-order chi connectivity index (χ1) is 12.0. The Morgan fingerprint density at radius 2 is 1.84 bits per heavy atom. The van der Waals surface area contributed by atoms with Gasteiger partial charge in [-0.25, -0.2) is 9.37 Å². The third-order valence-electron chi connectivity index (χ3n) is 4.09. The zero-order valence-corrected chi connectivity index (χ0v) is 14.5. The lowest BCUT2D eigenvalue weighted by atomic mass is 10.0. The van der Waals surface area contributed by atoms with Gasteiger partial charge < -0.3 is 9.88 Å². The highest BCUT2D eigenvalue weighted by Gasteiger charge is 2.24. The standard InChI is InChI=1S/C20H20FN3O/c1-13-10-14(2)12-15(11-13)20(25)23-18(19-22-8-9-24(19)3)16-6-4-5-7-17(16)21/h4-12,18H,1-3H3,(H,23,25). The molecule has 0 bridgehead atoms. The number of aromatic nitrogens is 2. The largest absolute Gasteiger partial charge is 0.338 e. The molecule has 25 heavy (non-hydrogen) atoms. The molecular formula is C20H20FN3O. The number of halogens is 1. The monoisotopic (exact) mass is 337 g/mol. The van der Waals surface area contributed by atoms with Gasteiger partial charge in [0, 0.05) is 30.6 Å². The first kappa shape index (κ1) is 16.9. The normalized spacial score (nSPS) is 12.0. The highest BCUT2D eigenvalue weighted by molar-refractivity contribution is 5.95. The van der Waals surface area contributed by atoms with Crippen LogP contribution < -0.4 is 5.32 Å². The fourth-order valence-corrected chi connectivity index (χ4v) is 2.97. The third-order valence-corrected chi connectivity index (χ3v) is 4.09. The average molecular weight is 337 g/mol. The molecule has 1 atom stereocenters. The number of benzene rings is 2. The highest BCUT2D eigenvalue weighted by Crippen LogP contribution is 2.24. The zero-order valence-electron chi connectivity index (χ0n) is 14.5. The second-order valence-electron chi connectivity index (χ2n) is 6.20. The Hall–Kier alpha value is -2.95. The van der Waals surface area contributed by atoms with Crippen molar-refractivity contribution in [2.45, 2.75) is 19.9 Å². The first-order valence-electron chi connectivity index (χ1n) is 8.06. The number of imidazole rings is 1. The molecule has 0 radical (unpaired) electrons. The van der Waals surface area contributed by atoms with Crippen LogP contribution in [0.4, 0.5) is 4.39 Å². The van der Waals surface area contributed by atoms with Crippen LogP contribution in [0.3, 0.4) is 0 Å². The van der Waals surface area contributed by atoms with E-state index in [1.54, 1.807) is 35.2 Å². The van der Waals surface area contributed by atoms with Gasteiger partial charge >= 0.3 is 0 Å². The zero-order chi connectivity index (χ0) is 18.0. The molecule has 2 aromatic carbocycles. The van der Waals surface area contributed by atoms with E-state index in [9.17, 15) is 9.18 Å². The molecule has 0 fully saturated rings. The Balaban J connectivity index is 2.00. The maximum Gasteiger partial charge on any atom is 0.252 e. The van der Waals surface area contributed by atoms with Crippen molar-refractivity contribution < 1.29 is 9.18 Å². The second kappa shape index (κ2) is 6.89. The minimum Gasteiger partial charge on any atom is -0.338 e. The van der Waals surface area contributed by atoms with Gasteiger partial charge in [-0.05, 0) is 32.0 Å². The fourth-order valence-electron chi connectivity index (χ4n) is 2.97. The maximum absolute atomic E-state index is 14.4. The van der Waals surface area contributed by atoms with Gasteiger partial charge in [0.2, 0.25) is 0 Å². The van der Waals surface area contributed by atoms with Crippen molar-refractivity contribution in [1.29, 1.82) is 0 Å². The number of carbonyl (C=O) groups excluding carboxylic acids is 1. The maximum atomic E-state index is 14.4. The van der Waals surface area contributed by atoms with Crippen molar-refractivity contribution in [1.82, 2.24) is 14.9 Å². The molecule has 0 aliphatic heterocycles. The second-order valence-corrected chi connectivity index (χ2v) is 6.20. The van der Waals surface area contributed by atoms with Crippen molar-refractivity contribution in [3.63, 3.8) is 0 Å². The van der Waals surface area contributed by atoms with Gasteiger partial charge in [0.1, 0.15) is 17.7 Å². The molecule has 0 aliphatic carbocycles. The van der Waals surface area contributed by atoms with E-state index in [0.29, 0.717) is 17.0 Å². The summed E-state index contributed by atoms with van der Waals surface area (Å²) in [6.07, 6.45) is 3.40. The van der Waals surface area contributed by atoms with E-state index in [0.717, 1.165) is 11.1 Å². The summed E-state index contributed by atoms with van der Waals surface area (Å²) >= 11 is 0. The van der Waals surface area contributed by atoms with E-state index in [1.807, 2.05) is 39.1 Å². The molecule has 1 N–H and O–H groups in total. The highest BCUT2D eigenvalue weighted by atomic mass is 19.1. The van der Waals surface area contributed by atoms with Crippen molar-refractivity contribution >= 4 is 5.91 Å². The molecule has 0 saturated carbocycles. The van der Waals surface area contributed by atoms with Crippen molar-refractivity contribution in [3.8, 4) is 0 Å². The van der Waals surface area contributed by atoms with Crippen LogP contribution in [0.25, 0.3) is 0 Å². The van der Waals surface area contributed by atoms with Gasteiger partial charge in [-0.2, -0.15) is 0 Å². The Bertz CT molecular complexity index is 897. The molecule has 1 amide bonds. The third kappa shape index (κ3) is 3.60. The van der Waals surface area contributed by atoms with Gasteiger partial charge in [0.15, 0.2) is 0 Å². The molecule has 3 aromatic rings. The lowest BCUT2D eigenvalue weighted by Gasteiger charge is -2.20. The van der Waals surface area contributed by atoms with Crippen LogP contribution in [0.5, 0.6) is 0 Å². The Morgan fingerprint density at radius 1 is 1.16 bits per heavy atom. The number of hydrogen-bond donors (Lipinski definition) is 1. The smallest absolute Gasteiger partial charge is 0.252 e. The van der Waals surface area contributed by atoms with E-state index in [-0.39, 0.29) is 11.7 Å². The summed E-state index contributed by atoms with van der Waals surface area (Å²) in [5.41, 5.74) is 2.94. The molecule has 0 spiro atoms. The lowest BCUT2D eigenvalue weighted by Crippen LogP contribution is -2.31. The summed E-state index contributed by atoms with van der Waals surface area (Å²) in [4.78, 5) is 17.1. The molecule has 128 valence electrons. The number of aryl methyl sites for hydroxylation is 3. The SMILES string of the molecule is Cc1cc(C)cc(C(=O)NC(c2ccccc2F)c2nccn2C)c1. The predicted octanol–water partition coefficient (Wildman–Crippen LogP) is 3.70. The summed E-state index contributed by atoms with van der Waals surface area (Å²) < 4.78 is 16.1. The van der Waals surface area contributed by atoms with E-state index in [1.165, 1.54) is 6.07 Å². The predicted molar refractivity (Wildman–Crippen MR) is 94.8 cm³/mol. The van der Waals surface area contributed by atoms with Gasteiger partial charge in [-0.3, -0.25) is 4.79 Å². The van der Waals surface area contributed by atoms with Crippen molar-refractivity contribution in [2.24, 2.45) is 7.05 Å². The van der Waals surface area contributed by atoms with Gasteiger partial charge in [0.25, 0.3) is 5.91 Å². The van der Waals surface area contributed by atoms with Crippen molar-refractivity contribution in [3.05, 3.63) is 88.8 Å². The molecule has 0 saturated heterocycles. The molecule has 1 aromatic heterocycles.